The standard InChI is InChI=1S/C22H23N3O3/c1-14-3-8-19-18(13-14)20(24-23-19)22(27)25-11-9-16(10-12-25)21(26)15-4-6-17(28-2)7-5-15/h3-8,13,16H,9-12H2,1-2H3,(H,23,24). The Morgan fingerprint density at radius 1 is 1.11 bits per heavy atom. The van der Waals surface area contributed by atoms with E-state index in [2.05, 4.69) is 10.2 Å². The molecule has 0 unspecified atom stereocenters. The van der Waals surface area contributed by atoms with E-state index in [1.807, 2.05) is 25.1 Å². The minimum atomic E-state index is -0.0767. The number of methoxy groups -OCH3 is 1. The lowest BCUT2D eigenvalue weighted by Crippen LogP contribution is -2.40. The van der Waals surface area contributed by atoms with Crippen molar-refractivity contribution in [3.8, 4) is 5.75 Å². The third kappa shape index (κ3) is 3.38. The van der Waals surface area contributed by atoms with Gasteiger partial charge in [-0.15, -0.1) is 0 Å². The summed E-state index contributed by atoms with van der Waals surface area (Å²) in [5, 5.41) is 8.01. The van der Waals surface area contributed by atoms with Gasteiger partial charge in [0, 0.05) is 30.0 Å². The molecular formula is C22H23N3O3. The number of aromatic nitrogens is 2. The van der Waals surface area contributed by atoms with Crippen LogP contribution in [0.3, 0.4) is 0 Å². The van der Waals surface area contributed by atoms with Crippen molar-refractivity contribution in [1.29, 1.82) is 0 Å². The molecule has 1 aliphatic rings. The number of benzene rings is 2. The number of aryl methyl sites for hydroxylation is 1. The van der Waals surface area contributed by atoms with Crippen LogP contribution in [0.1, 0.15) is 39.3 Å². The Labute approximate surface area is 163 Å². The SMILES string of the molecule is COc1ccc(C(=O)C2CCN(C(=O)c3n[nH]c4ccc(C)cc34)CC2)cc1. The van der Waals surface area contributed by atoms with Crippen LogP contribution < -0.4 is 4.74 Å². The van der Waals surface area contributed by atoms with E-state index in [1.165, 1.54) is 0 Å². The fourth-order valence-electron chi connectivity index (χ4n) is 3.78. The van der Waals surface area contributed by atoms with Crippen LogP contribution in [0.25, 0.3) is 10.9 Å². The molecule has 1 aromatic heterocycles. The maximum absolute atomic E-state index is 12.9. The van der Waals surface area contributed by atoms with Gasteiger partial charge in [-0.3, -0.25) is 14.7 Å². The van der Waals surface area contributed by atoms with Gasteiger partial charge in [0.15, 0.2) is 11.5 Å². The van der Waals surface area contributed by atoms with E-state index in [1.54, 1.807) is 36.3 Å². The Morgan fingerprint density at radius 2 is 1.82 bits per heavy atom. The van der Waals surface area contributed by atoms with Crippen LogP contribution in [0.5, 0.6) is 5.75 Å². The summed E-state index contributed by atoms with van der Waals surface area (Å²) in [5.41, 5.74) is 3.10. The van der Waals surface area contributed by atoms with Crippen LogP contribution in [-0.4, -0.2) is 47.0 Å². The Kier molecular flexibility index (Phi) is 4.86. The monoisotopic (exact) mass is 377 g/mol. The number of nitrogens with one attached hydrogen (secondary N) is 1. The predicted molar refractivity (Wildman–Crippen MR) is 107 cm³/mol. The first kappa shape index (κ1) is 18.2. The van der Waals surface area contributed by atoms with Crippen LogP contribution >= 0.6 is 0 Å². The number of piperidine rings is 1. The highest BCUT2D eigenvalue weighted by Crippen LogP contribution is 2.25. The van der Waals surface area contributed by atoms with E-state index >= 15 is 0 Å². The molecule has 144 valence electrons. The molecule has 0 radical (unpaired) electrons. The number of nitrogens with zero attached hydrogens (tertiary/aromatic N) is 2. The summed E-state index contributed by atoms with van der Waals surface area (Å²) in [4.78, 5) is 27.5. The zero-order valence-corrected chi connectivity index (χ0v) is 16.1. The first-order chi connectivity index (χ1) is 13.6. The maximum Gasteiger partial charge on any atom is 0.274 e. The number of carbonyl (C=O) groups excluding carboxylic acids is 2. The quantitative estimate of drug-likeness (QED) is 0.705. The van der Waals surface area contributed by atoms with Crippen molar-refractivity contribution in [2.45, 2.75) is 19.8 Å². The molecule has 0 atom stereocenters. The number of Topliss-reactive ketones (excluding diaryl/α,β-unsaturated/α-hetero) is 1. The van der Waals surface area contributed by atoms with E-state index in [0.29, 0.717) is 37.2 Å². The number of H-pyrrole nitrogens is 1. The third-order valence-electron chi connectivity index (χ3n) is 5.45. The molecule has 1 amide bonds. The first-order valence-corrected chi connectivity index (χ1v) is 9.49. The summed E-state index contributed by atoms with van der Waals surface area (Å²) in [6, 6.07) is 13.1. The molecule has 2 heterocycles. The zero-order valence-electron chi connectivity index (χ0n) is 16.1. The van der Waals surface area contributed by atoms with Crippen molar-refractivity contribution in [3.05, 3.63) is 59.3 Å². The molecule has 2 aromatic carbocycles. The van der Waals surface area contributed by atoms with Gasteiger partial charge in [0.2, 0.25) is 0 Å². The van der Waals surface area contributed by atoms with Gasteiger partial charge in [-0.05, 0) is 56.2 Å². The molecular weight excluding hydrogens is 354 g/mol. The molecule has 1 saturated heterocycles. The number of hydrogen-bond acceptors (Lipinski definition) is 4. The van der Waals surface area contributed by atoms with Crippen LogP contribution in [0.4, 0.5) is 0 Å². The molecule has 3 aromatic rings. The van der Waals surface area contributed by atoms with Crippen molar-refractivity contribution < 1.29 is 14.3 Å². The molecule has 1 N–H and O–H groups in total. The van der Waals surface area contributed by atoms with Crippen molar-refractivity contribution >= 4 is 22.6 Å². The van der Waals surface area contributed by atoms with Crippen molar-refractivity contribution in [1.82, 2.24) is 15.1 Å². The number of amides is 1. The summed E-state index contributed by atoms with van der Waals surface area (Å²) in [6.45, 7) is 3.12. The van der Waals surface area contributed by atoms with Crippen molar-refractivity contribution in [2.24, 2.45) is 5.92 Å². The van der Waals surface area contributed by atoms with Crippen molar-refractivity contribution in [3.63, 3.8) is 0 Å². The summed E-state index contributed by atoms with van der Waals surface area (Å²) in [7, 11) is 1.60. The number of hydrogen-bond donors (Lipinski definition) is 1. The van der Waals surface area contributed by atoms with E-state index in [0.717, 1.165) is 22.2 Å². The Balaban J connectivity index is 1.43. The maximum atomic E-state index is 12.9. The molecule has 1 fully saturated rings. The molecule has 28 heavy (non-hydrogen) atoms. The number of aromatic amines is 1. The molecule has 0 spiro atoms. The van der Waals surface area contributed by atoms with E-state index in [9.17, 15) is 9.59 Å². The van der Waals surface area contributed by atoms with Gasteiger partial charge >= 0.3 is 0 Å². The second kappa shape index (κ2) is 7.46. The number of likely N-dealkylation sites (tertiary alicyclic amines) is 1. The normalized spacial score (nSPS) is 15.0. The second-order valence-corrected chi connectivity index (χ2v) is 7.28. The number of carbonyl (C=O) groups is 2. The largest absolute Gasteiger partial charge is 0.497 e. The van der Waals surface area contributed by atoms with Gasteiger partial charge in [0.1, 0.15) is 5.75 Å². The number of fused-ring (bicyclic) bond motifs is 1. The number of ketones is 1. The van der Waals surface area contributed by atoms with Gasteiger partial charge in [-0.2, -0.15) is 5.10 Å². The fraction of sp³-hybridized carbons (Fsp3) is 0.318. The topological polar surface area (TPSA) is 75.3 Å². The average Bonchev–Trinajstić information content (AvgIpc) is 3.16. The van der Waals surface area contributed by atoms with Gasteiger partial charge in [0.05, 0.1) is 12.6 Å². The van der Waals surface area contributed by atoms with Crippen LogP contribution in [0.15, 0.2) is 42.5 Å². The lowest BCUT2D eigenvalue weighted by molar-refractivity contribution is 0.0647. The van der Waals surface area contributed by atoms with Gasteiger partial charge < -0.3 is 9.64 Å². The highest BCUT2D eigenvalue weighted by molar-refractivity contribution is 6.05. The Bertz CT molecular complexity index is 1020. The molecule has 6 heteroatoms. The van der Waals surface area contributed by atoms with Gasteiger partial charge in [-0.1, -0.05) is 11.6 Å². The average molecular weight is 377 g/mol. The molecule has 0 aliphatic carbocycles. The van der Waals surface area contributed by atoms with Crippen molar-refractivity contribution in [2.75, 3.05) is 20.2 Å². The molecule has 0 saturated carbocycles. The van der Waals surface area contributed by atoms with Gasteiger partial charge in [-0.25, -0.2) is 0 Å². The third-order valence-corrected chi connectivity index (χ3v) is 5.45. The summed E-state index contributed by atoms with van der Waals surface area (Å²) in [5.74, 6) is 0.733. The fourth-order valence-corrected chi connectivity index (χ4v) is 3.78. The minimum absolute atomic E-state index is 0.0596. The number of ether oxygens (including phenoxy) is 1. The first-order valence-electron chi connectivity index (χ1n) is 9.49. The zero-order chi connectivity index (χ0) is 19.7. The van der Waals surface area contributed by atoms with Crippen LogP contribution in [0.2, 0.25) is 0 Å². The number of rotatable bonds is 4. The van der Waals surface area contributed by atoms with Crippen LogP contribution in [-0.2, 0) is 0 Å². The molecule has 4 rings (SSSR count). The highest BCUT2D eigenvalue weighted by atomic mass is 16.5. The summed E-state index contributed by atoms with van der Waals surface area (Å²) >= 11 is 0. The van der Waals surface area contributed by atoms with Gasteiger partial charge in [0.25, 0.3) is 5.91 Å². The van der Waals surface area contributed by atoms with Crippen LogP contribution in [0, 0.1) is 12.8 Å². The second-order valence-electron chi connectivity index (χ2n) is 7.28. The minimum Gasteiger partial charge on any atom is -0.497 e. The smallest absolute Gasteiger partial charge is 0.274 e. The van der Waals surface area contributed by atoms with E-state index in [-0.39, 0.29) is 17.6 Å². The Morgan fingerprint density at radius 3 is 2.50 bits per heavy atom. The highest BCUT2D eigenvalue weighted by Gasteiger charge is 2.30. The molecule has 0 bridgehead atoms. The predicted octanol–water partition coefficient (Wildman–Crippen LogP) is 3.62. The van der Waals surface area contributed by atoms with E-state index in [4.69, 9.17) is 4.74 Å². The summed E-state index contributed by atoms with van der Waals surface area (Å²) < 4.78 is 5.14. The molecule has 1 aliphatic heterocycles. The lowest BCUT2D eigenvalue weighted by atomic mass is 9.88. The van der Waals surface area contributed by atoms with E-state index < -0.39 is 0 Å². The molecule has 6 nitrogen and oxygen atoms in total. The summed E-state index contributed by atoms with van der Waals surface area (Å²) in [6.07, 6.45) is 1.33. The Hall–Kier alpha value is -3.15. The lowest BCUT2D eigenvalue weighted by Gasteiger charge is -2.31.